The molecule has 84 valence electrons. The number of hydrogen-bond acceptors (Lipinski definition) is 4. The summed E-state index contributed by atoms with van der Waals surface area (Å²) < 4.78 is 6.38. The van der Waals surface area contributed by atoms with Crippen LogP contribution in [-0.2, 0) is 18.3 Å². The molecular formula is C11H13N3O2. The number of ether oxygens (including phenoxy) is 1. The molecule has 0 aliphatic carbocycles. The van der Waals surface area contributed by atoms with Gasteiger partial charge in [0.2, 0.25) is 5.82 Å². The second-order valence-corrected chi connectivity index (χ2v) is 3.48. The van der Waals surface area contributed by atoms with Crippen molar-refractivity contribution in [1.29, 1.82) is 0 Å². The van der Waals surface area contributed by atoms with Crippen molar-refractivity contribution in [2.45, 2.75) is 6.54 Å². The van der Waals surface area contributed by atoms with Crippen molar-refractivity contribution in [2.24, 2.45) is 12.8 Å². The number of nitrogens with zero attached hydrogens (tertiary/aromatic N) is 2. The standard InChI is InChI=1S/C11H13N3O2/c1-14-8-5-3-4-7(6-12)9(8)13-10(14)11(15)16-2/h3-5H,6,12H2,1-2H3. The highest BCUT2D eigenvalue weighted by Crippen LogP contribution is 2.19. The molecule has 5 nitrogen and oxygen atoms in total. The van der Waals surface area contributed by atoms with Crippen molar-refractivity contribution in [1.82, 2.24) is 9.55 Å². The first-order valence-corrected chi connectivity index (χ1v) is 4.91. The van der Waals surface area contributed by atoms with E-state index >= 15 is 0 Å². The third-order valence-corrected chi connectivity index (χ3v) is 2.58. The largest absolute Gasteiger partial charge is 0.463 e. The molecule has 0 saturated carbocycles. The van der Waals surface area contributed by atoms with E-state index < -0.39 is 5.97 Å². The lowest BCUT2D eigenvalue weighted by Crippen LogP contribution is -2.08. The summed E-state index contributed by atoms with van der Waals surface area (Å²) in [6.07, 6.45) is 0. The average Bonchev–Trinajstić information content (AvgIpc) is 2.66. The van der Waals surface area contributed by atoms with E-state index in [0.29, 0.717) is 12.4 Å². The number of fused-ring (bicyclic) bond motifs is 1. The monoisotopic (exact) mass is 219 g/mol. The predicted octanol–water partition coefficient (Wildman–Crippen LogP) is 0.819. The quantitative estimate of drug-likeness (QED) is 0.759. The highest BCUT2D eigenvalue weighted by Gasteiger charge is 2.16. The minimum Gasteiger partial charge on any atom is -0.463 e. The Morgan fingerprint density at radius 1 is 1.56 bits per heavy atom. The molecule has 2 N–H and O–H groups in total. The topological polar surface area (TPSA) is 70.1 Å². The molecule has 0 atom stereocenters. The SMILES string of the molecule is COC(=O)c1nc2c(CN)cccc2n1C. The van der Waals surface area contributed by atoms with Crippen molar-refractivity contribution in [3.05, 3.63) is 29.6 Å². The van der Waals surface area contributed by atoms with Gasteiger partial charge < -0.3 is 15.0 Å². The van der Waals surface area contributed by atoms with Crippen molar-refractivity contribution >= 4 is 17.0 Å². The van der Waals surface area contributed by atoms with E-state index in [1.54, 1.807) is 11.6 Å². The lowest BCUT2D eigenvalue weighted by Gasteiger charge is -1.99. The fourth-order valence-corrected chi connectivity index (χ4v) is 1.71. The number of esters is 1. The maximum Gasteiger partial charge on any atom is 0.374 e. The van der Waals surface area contributed by atoms with Gasteiger partial charge in [-0.15, -0.1) is 0 Å². The molecule has 1 aromatic carbocycles. The van der Waals surface area contributed by atoms with Gasteiger partial charge in [0.05, 0.1) is 18.1 Å². The third kappa shape index (κ3) is 1.45. The Kier molecular flexibility index (Phi) is 2.62. The van der Waals surface area contributed by atoms with E-state index in [4.69, 9.17) is 5.73 Å². The van der Waals surface area contributed by atoms with Crippen LogP contribution in [0.1, 0.15) is 16.2 Å². The normalized spacial score (nSPS) is 10.7. The number of carbonyl (C=O) groups is 1. The van der Waals surface area contributed by atoms with Crippen molar-refractivity contribution in [2.75, 3.05) is 7.11 Å². The molecule has 1 aromatic heterocycles. The van der Waals surface area contributed by atoms with Gasteiger partial charge >= 0.3 is 5.97 Å². The fourth-order valence-electron chi connectivity index (χ4n) is 1.71. The first kappa shape index (κ1) is 10.6. The molecule has 16 heavy (non-hydrogen) atoms. The van der Waals surface area contributed by atoms with E-state index in [-0.39, 0.29) is 0 Å². The van der Waals surface area contributed by atoms with Crippen LogP contribution in [0.4, 0.5) is 0 Å². The molecule has 2 aromatic rings. The minimum absolute atomic E-state index is 0.290. The number of rotatable bonds is 2. The van der Waals surface area contributed by atoms with Gasteiger partial charge in [0.25, 0.3) is 0 Å². The van der Waals surface area contributed by atoms with Gasteiger partial charge in [0, 0.05) is 13.6 Å². The zero-order valence-corrected chi connectivity index (χ0v) is 9.23. The molecule has 5 heteroatoms. The Balaban J connectivity index is 2.72. The van der Waals surface area contributed by atoms with Crippen LogP contribution in [0.25, 0.3) is 11.0 Å². The van der Waals surface area contributed by atoms with Crippen LogP contribution in [0.2, 0.25) is 0 Å². The van der Waals surface area contributed by atoms with Gasteiger partial charge in [0.15, 0.2) is 0 Å². The van der Waals surface area contributed by atoms with Crippen LogP contribution in [0, 0.1) is 0 Å². The summed E-state index contributed by atoms with van der Waals surface area (Å²) in [5.41, 5.74) is 8.17. The summed E-state index contributed by atoms with van der Waals surface area (Å²) >= 11 is 0. The first-order valence-electron chi connectivity index (χ1n) is 4.91. The second-order valence-electron chi connectivity index (χ2n) is 3.48. The van der Waals surface area contributed by atoms with Gasteiger partial charge in [0.1, 0.15) is 0 Å². The molecule has 2 rings (SSSR count). The van der Waals surface area contributed by atoms with E-state index in [2.05, 4.69) is 9.72 Å². The van der Waals surface area contributed by atoms with Crippen LogP contribution in [0.15, 0.2) is 18.2 Å². The Labute approximate surface area is 92.8 Å². The Hall–Kier alpha value is -1.88. The molecule has 0 spiro atoms. The molecule has 0 aliphatic rings. The van der Waals surface area contributed by atoms with Crippen LogP contribution in [0.3, 0.4) is 0 Å². The highest BCUT2D eigenvalue weighted by atomic mass is 16.5. The first-order chi connectivity index (χ1) is 7.69. The van der Waals surface area contributed by atoms with Crippen LogP contribution in [-0.4, -0.2) is 22.6 Å². The van der Waals surface area contributed by atoms with E-state index in [9.17, 15) is 4.79 Å². The van der Waals surface area contributed by atoms with Gasteiger partial charge in [-0.2, -0.15) is 0 Å². The number of aromatic nitrogens is 2. The van der Waals surface area contributed by atoms with Gasteiger partial charge in [-0.3, -0.25) is 0 Å². The van der Waals surface area contributed by atoms with Crippen molar-refractivity contribution < 1.29 is 9.53 Å². The summed E-state index contributed by atoms with van der Waals surface area (Å²) in [5.74, 6) is -0.153. The number of nitrogens with two attached hydrogens (primary N) is 1. The lowest BCUT2D eigenvalue weighted by atomic mass is 10.2. The lowest BCUT2D eigenvalue weighted by molar-refractivity contribution is 0.0583. The highest BCUT2D eigenvalue weighted by molar-refractivity contribution is 5.91. The second kappa shape index (κ2) is 3.94. The van der Waals surface area contributed by atoms with E-state index in [0.717, 1.165) is 16.6 Å². The average molecular weight is 219 g/mol. The molecule has 0 bridgehead atoms. The molecule has 0 amide bonds. The predicted molar refractivity (Wildman–Crippen MR) is 59.9 cm³/mol. The van der Waals surface area contributed by atoms with E-state index in [1.807, 2.05) is 18.2 Å². The minimum atomic E-state index is -0.443. The zero-order valence-electron chi connectivity index (χ0n) is 9.23. The zero-order chi connectivity index (χ0) is 11.7. The number of imidazole rings is 1. The summed E-state index contributed by atoms with van der Waals surface area (Å²) in [6.45, 7) is 0.398. The number of hydrogen-bond donors (Lipinski definition) is 1. The van der Waals surface area contributed by atoms with Crippen LogP contribution in [0.5, 0.6) is 0 Å². The number of carbonyl (C=O) groups excluding carboxylic acids is 1. The van der Waals surface area contributed by atoms with Gasteiger partial charge in [-0.25, -0.2) is 9.78 Å². The summed E-state index contributed by atoms with van der Waals surface area (Å²) in [6, 6.07) is 5.69. The Bertz CT molecular complexity index is 545. The maximum absolute atomic E-state index is 11.5. The molecule has 0 saturated heterocycles. The summed E-state index contributed by atoms with van der Waals surface area (Å²) in [4.78, 5) is 15.7. The number of aryl methyl sites for hydroxylation is 1. The fraction of sp³-hybridized carbons (Fsp3) is 0.273. The molecule has 0 radical (unpaired) electrons. The van der Waals surface area contributed by atoms with Gasteiger partial charge in [-0.1, -0.05) is 12.1 Å². The van der Waals surface area contributed by atoms with Crippen molar-refractivity contribution in [3.63, 3.8) is 0 Å². The van der Waals surface area contributed by atoms with Crippen LogP contribution < -0.4 is 5.73 Å². The summed E-state index contributed by atoms with van der Waals surface area (Å²) in [7, 11) is 3.12. The van der Waals surface area contributed by atoms with E-state index in [1.165, 1.54) is 7.11 Å². The summed E-state index contributed by atoms with van der Waals surface area (Å²) in [5, 5.41) is 0. The van der Waals surface area contributed by atoms with Crippen LogP contribution >= 0.6 is 0 Å². The Morgan fingerprint density at radius 3 is 2.94 bits per heavy atom. The maximum atomic E-state index is 11.5. The molecule has 0 aliphatic heterocycles. The number of benzene rings is 1. The number of methoxy groups -OCH3 is 1. The van der Waals surface area contributed by atoms with Gasteiger partial charge in [-0.05, 0) is 11.6 Å². The molecular weight excluding hydrogens is 206 g/mol. The molecule has 1 heterocycles. The smallest absolute Gasteiger partial charge is 0.374 e. The molecule has 0 fully saturated rings. The molecule has 0 unspecified atom stereocenters. The van der Waals surface area contributed by atoms with Crippen molar-refractivity contribution in [3.8, 4) is 0 Å². The third-order valence-electron chi connectivity index (χ3n) is 2.58. The number of para-hydroxylation sites is 1. The Morgan fingerprint density at radius 2 is 2.31 bits per heavy atom.